The second-order valence-corrected chi connectivity index (χ2v) is 9.79. The summed E-state index contributed by atoms with van der Waals surface area (Å²) < 4.78 is 39.6. The van der Waals surface area contributed by atoms with Crippen molar-refractivity contribution in [1.82, 2.24) is 4.90 Å². The number of para-hydroxylation sites is 2. The highest BCUT2D eigenvalue weighted by atomic mass is 32.2. The van der Waals surface area contributed by atoms with Crippen molar-refractivity contribution in [3.63, 3.8) is 0 Å². The summed E-state index contributed by atoms with van der Waals surface area (Å²) >= 11 is 0. The fourth-order valence-electron chi connectivity index (χ4n) is 3.54. The van der Waals surface area contributed by atoms with Gasteiger partial charge in [0.2, 0.25) is 0 Å². The fourth-order valence-corrected chi connectivity index (χ4v) is 4.68. The Hall–Kier alpha value is -3.52. The summed E-state index contributed by atoms with van der Waals surface area (Å²) in [4.78, 5) is 14.6. The van der Waals surface area contributed by atoms with E-state index in [9.17, 15) is 13.2 Å². The molecule has 1 aliphatic rings. The van der Waals surface area contributed by atoms with Gasteiger partial charge in [-0.15, -0.1) is 0 Å². The minimum Gasteiger partial charge on any atom is -0.486 e. The SMILES string of the molecule is Cc1ccc(S(=O)(=O)Nc2ccc(C(=O)N(C)C[C@@H]3COc4ccccc4O3)cc2)cc1C. The second kappa shape index (κ2) is 9.15. The van der Waals surface area contributed by atoms with Crippen LogP contribution in [0.1, 0.15) is 21.5 Å². The number of hydrogen-bond acceptors (Lipinski definition) is 5. The molecule has 0 saturated carbocycles. The van der Waals surface area contributed by atoms with Crippen molar-refractivity contribution in [3.8, 4) is 11.5 Å². The van der Waals surface area contributed by atoms with E-state index in [4.69, 9.17) is 9.47 Å². The smallest absolute Gasteiger partial charge is 0.261 e. The Morgan fingerprint density at radius 3 is 2.39 bits per heavy atom. The van der Waals surface area contributed by atoms with Crippen molar-refractivity contribution in [1.29, 1.82) is 0 Å². The van der Waals surface area contributed by atoms with Crippen LogP contribution in [0.15, 0.2) is 71.6 Å². The van der Waals surface area contributed by atoms with E-state index in [1.807, 2.05) is 38.1 Å². The second-order valence-electron chi connectivity index (χ2n) is 8.11. The van der Waals surface area contributed by atoms with E-state index in [1.54, 1.807) is 54.4 Å². The molecule has 0 saturated heterocycles. The van der Waals surface area contributed by atoms with Crippen molar-refractivity contribution >= 4 is 21.6 Å². The van der Waals surface area contributed by atoms with E-state index in [-0.39, 0.29) is 16.9 Å². The first-order chi connectivity index (χ1) is 15.7. The van der Waals surface area contributed by atoms with Gasteiger partial charge in [0.1, 0.15) is 6.61 Å². The lowest BCUT2D eigenvalue weighted by molar-refractivity contribution is 0.0521. The standard InChI is InChI=1S/C25H26N2O5S/c1-17-8-13-22(14-18(17)2)33(29,30)26-20-11-9-19(10-12-20)25(28)27(3)15-21-16-31-23-6-4-5-7-24(23)32-21/h4-14,21,26H,15-16H2,1-3H3/t21-/m1/s1. The van der Waals surface area contributed by atoms with Gasteiger partial charge >= 0.3 is 0 Å². The number of carbonyl (C=O) groups excluding carboxylic acids is 1. The lowest BCUT2D eigenvalue weighted by Gasteiger charge is -2.29. The van der Waals surface area contributed by atoms with Crippen LogP contribution in [0.25, 0.3) is 0 Å². The fraction of sp³-hybridized carbons (Fsp3) is 0.240. The maximum Gasteiger partial charge on any atom is 0.261 e. The normalized spacial score (nSPS) is 15.1. The predicted octanol–water partition coefficient (Wildman–Crippen LogP) is 4.02. The Balaban J connectivity index is 1.39. The van der Waals surface area contributed by atoms with Gasteiger partial charge in [0.25, 0.3) is 15.9 Å². The molecule has 3 aromatic carbocycles. The molecule has 0 unspecified atom stereocenters. The molecule has 1 aliphatic heterocycles. The van der Waals surface area contributed by atoms with Crippen LogP contribution >= 0.6 is 0 Å². The molecular formula is C25H26N2O5S. The predicted molar refractivity (Wildman–Crippen MR) is 126 cm³/mol. The zero-order valence-corrected chi connectivity index (χ0v) is 19.6. The number of nitrogens with zero attached hydrogens (tertiary/aromatic N) is 1. The van der Waals surface area contributed by atoms with Crippen LogP contribution < -0.4 is 14.2 Å². The first-order valence-corrected chi connectivity index (χ1v) is 12.1. The molecule has 1 N–H and O–H groups in total. The quantitative estimate of drug-likeness (QED) is 0.593. The number of amides is 1. The number of ether oxygens (including phenoxy) is 2. The van der Waals surface area contributed by atoms with Crippen molar-refractivity contribution in [3.05, 3.63) is 83.4 Å². The first-order valence-electron chi connectivity index (χ1n) is 10.6. The van der Waals surface area contributed by atoms with Crippen molar-refractivity contribution in [2.45, 2.75) is 24.8 Å². The maximum atomic E-state index is 12.8. The third-order valence-electron chi connectivity index (χ3n) is 5.56. The molecule has 0 spiro atoms. The monoisotopic (exact) mass is 466 g/mol. The number of likely N-dealkylation sites (N-methyl/N-ethyl adjacent to an activating group) is 1. The molecule has 3 aromatic rings. The van der Waals surface area contributed by atoms with E-state index in [1.165, 1.54) is 0 Å². The highest BCUT2D eigenvalue weighted by molar-refractivity contribution is 7.92. The van der Waals surface area contributed by atoms with Gasteiger partial charge < -0.3 is 14.4 Å². The molecule has 0 fully saturated rings. The Morgan fingerprint density at radius 2 is 1.70 bits per heavy atom. The third kappa shape index (κ3) is 5.12. The van der Waals surface area contributed by atoms with Gasteiger partial charge in [-0.2, -0.15) is 0 Å². The summed E-state index contributed by atoms with van der Waals surface area (Å²) in [5.74, 6) is 1.16. The van der Waals surface area contributed by atoms with Crippen LogP contribution in [0.5, 0.6) is 11.5 Å². The number of sulfonamides is 1. The number of fused-ring (bicyclic) bond motifs is 1. The van der Waals surface area contributed by atoms with Gasteiger partial charge in [0.05, 0.1) is 11.4 Å². The average molecular weight is 467 g/mol. The number of anilines is 1. The Bertz CT molecular complexity index is 1270. The van der Waals surface area contributed by atoms with E-state index in [0.717, 1.165) is 11.1 Å². The number of rotatable bonds is 6. The number of carbonyl (C=O) groups is 1. The zero-order chi connectivity index (χ0) is 23.6. The highest BCUT2D eigenvalue weighted by Crippen LogP contribution is 2.31. The van der Waals surface area contributed by atoms with Crippen LogP contribution in [-0.4, -0.2) is 45.5 Å². The van der Waals surface area contributed by atoms with Gasteiger partial charge in [0, 0.05) is 18.3 Å². The van der Waals surface area contributed by atoms with E-state index < -0.39 is 10.0 Å². The van der Waals surface area contributed by atoms with Crippen molar-refractivity contribution in [2.75, 3.05) is 24.9 Å². The Labute approximate surface area is 194 Å². The molecule has 172 valence electrons. The number of hydrogen-bond donors (Lipinski definition) is 1. The number of benzene rings is 3. The minimum absolute atomic E-state index is 0.193. The van der Waals surface area contributed by atoms with Gasteiger partial charge in [-0.25, -0.2) is 8.42 Å². The molecule has 0 aromatic heterocycles. The largest absolute Gasteiger partial charge is 0.486 e. The molecule has 0 radical (unpaired) electrons. The highest BCUT2D eigenvalue weighted by Gasteiger charge is 2.24. The van der Waals surface area contributed by atoms with Crippen LogP contribution in [0.3, 0.4) is 0 Å². The van der Waals surface area contributed by atoms with E-state index in [0.29, 0.717) is 35.9 Å². The molecule has 4 rings (SSSR count). The summed E-state index contributed by atoms with van der Waals surface area (Å²) in [6, 6.07) is 18.8. The molecule has 33 heavy (non-hydrogen) atoms. The molecule has 0 aliphatic carbocycles. The Kier molecular flexibility index (Phi) is 6.29. The maximum absolute atomic E-state index is 12.8. The molecule has 0 bridgehead atoms. The minimum atomic E-state index is -3.72. The topological polar surface area (TPSA) is 84.9 Å². The van der Waals surface area contributed by atoms with Gasteiger partial charge in [-0.3, -0.25) is 9.52 Å². The molecule has 7 nitrogen and oxygen atoms in total. The summed E-state index contributed by atoms with van der Waals surface area (Å²) in [7, 11) is -2.02. The summed E-state index contributed by atoms with van der Waals surface area (Å²) in [6.07, 6.45) is -0.280. The van der Waals surface area contributed by atoms with Crippen LogP contribution in [-0.2, 0) is 10.0 Å². The summed E-state index contributed by atoms with van der Waals surface area (Å²) in [6.45, 7) is 4.51. The van der Waals surface area contributed by atoms with Gasteiger partial charge in [-0.1, -0.05) is 18.2 Å². The van der Waals surface area contributed by atoms with E-state index in [2.05, 4.69) is 4.72 Å². The van der Waals surface area contributed by atoms with Crippen molar-refractivity contribution in [2.24, 2.45) is 0 Å². The molecular weight excluding hydrogens is 440 g/mol. The van der Waals surface area contributed by atoms with Crippen LogP contribution in [0.2, 0.25) is 0 Å². The average Bonchev–Trinajstić information content (AvgIpc) is 2.80. The number of aryl methyl sites for hydroxylation is 2. The first kappa shape index (κ1) is 22.7. The zero-order valence-electron chi connectivity index (χ0n) is 18.7. The summed E-state index contributed by atoms with van der Waals surface area (Å²) in [5, 5.41) is 0. The lowest BCUT2D eigenvalue weighted by Crippen LogP contribution is -2.41. The van der Waals surface area contributed by atoms with Crippen LogP contribution in [0, 0.1) is 13.8 Å². The van der Waals surface area contributed by atoms with Crippen LogP contribution in [0.4, 0.5) is 5.69 Å². The molecule has 1 amide bonds. The third-order valence-corrected chi connectivity index (χ3v) is 6.94. The Morgan fingerprint density at radius 1 is 1.00 bits per heavy atom. The summed E-state index contributed by atoms with van der Waals surface area (Å²) in [5.41, 5.74) is 2.75. The molecule has 1 atom stereocenters. The van der Waals surface area contributed by atoms with Gasteiger partial charge in [-0.05, 0) is 73.5 Å². The lowest BCUT2D eigenvalue weighted by atomic mass is 10.1. The van der Waals surface area contributed by atoms with Crippen molar-refractivity contribution < 1.29 is 22.7 Å². The molecule has 8 heteroatoms. The van der Waals surface area contributed by atoms with E-state index >= 15 is 0 Å². The molecule has 1 heterocycles. The number of nitrogens with one attached hydrogen (secondary N) is 1. The van der Waals surface area contributed by atoms with Gasteiger partial charge in [0.15, 0.2) is 17.6 Å².